The Hall–Kier alpha value is -1.46. The van der Waals surface area contributed by atoms with Crippen LogP contribution in [0, 0.1) is 0 Å². The number of thiazole rings is 1. The Balaban J connectivity index is 1.69. The summed E-state index contributed by atoms with van der Waals surface area (Å²) in [5.41, 5.74) is 1.41. The van der Waals surface area contributed by atoms with Crippen LogP contribution >= 0.6 is 11.3 Å². The van der Waals surface area contributed by atoms with E-state index in [9.17, 15) is 0 Å². The zero-order chi connectivity index (χ0) is 14.7. The van der Waals surface area contributed by atoms with E-state index in [1.807, 2.05) is 26.5 Å². The predicted octanol–water partition coefficient (Wildman–Crippen LogP) is 2.98. The molecule has 1 saturated heterocycles. The molecule has 2 aromatic rings. The lowest BCUT2D eigenvalue weighted by atomic mass is 9.91. The fraction of sp³-hybridized carbons (Fsp3) is 0.500. The monoisotopic (exact) mass is 302 g/mol. The molecule has 3 heterocycles. The number of hydrogen-bond donors (Lipinski definition) is 0. The third kappa shape index (κ3) is 3.60. The van der Waals surface area contributed by atoms with Gasteiger partial charge in [-0.15, -0.1) is 11.3 Å². The molecule has 0 amide bonds. The fourth-order valence-corrected chi connectivity index (χ4v) is 3.58. The normalized spacial score (nSPS) is 19.6. The summed E-state index contributed by atoms with van der Waals surface area (Å²) in [5, 5.41) is 3.28. The lowest BCUT2D eigenvalue weighted by Crippen LogP contribution is -2.33. The summed E-state index contributed by atoms with van der Waals surface area (Å²) < 4.78 is 0. The van der Waals surface area contributed by atoms with Gasteiger partial charge in [0, 0.05) is 38.4 Å². The van der Waals surface area contributed by atoms with Gasteiger partial charge in [-0.25, -0.2) is 9.97 Å². The highest BCUT2D eigenvalue weighted by atomic mass is 32.1. The summed E-state index contributed by atoms with van der Waals surface area (Å²) in [4.78, 5) is 13.4. The van der Waals surface area contributed by atoms with Crippen LogP contribution in [-0.2, 0) is 6.54 Å². The second-order valence-electron chi connectivity index (χ2n) is 5.84. The molecule has 1 aliphatic heterocycles. The van der Waals surface area contributed by atoms with E-state index in [4.69, 9.17) is 0 Å². The van der Waals surface area contributed by atoms with Crippen molar-refractivity contribution >= 4 is 17.2 Å². The molecule has 0 N–H and O–H groups in total. The van der Waals surface area contributed by atoms with Gasteiger partial charge in [0.2, 0.25) is 0 Å². The highest BCUT2D eigenvalue weighted by Gasteiger charge is 2.22. The summed E-state index contributed by atoms with van der Waals surface area (Å²) >= 11 is 1.75. The molecule has 5 heteroatoms. The molecule has 0 aliphatic carbocycles. The quantitative estimate of drug-likeness (QED) is 0.869. The van der Waals surface area contributed by atoms with E-state index in [-0.39, 0.29) is 0 Å². The first-order valence-corrected chi connectivity index (χ1v) is 8.34. The van der Waals surface area contributed by atoms with Crippen molar-refractivity contribution < 1.29 is 0 Å². The summed E-state index contributed by atoms with van der Waals surface area (Å²) in [5.74, 6) is 1.66. The summed E-state index contributed by atoms with van der Waals surface area (Å²) in [6.45, 7) is 3.29. The molecule has 1 aliphatic rings. The molecule has 4 nitrogen and oxygen atoms in total. The van der Waals surface area contributed by atoms with Crippen molar-refractivity contribution in [2.24, 2.45) is 0 Å². The van der Waals surface area contributed by atoms with Crippen molar-refractivity contribution in [2.75, 3.05) is 32.1 Å². The molecule has 21 heavy (non-hydrogen) atoms. The van der Waals surface area contributed by atoms with E-state index < -0.39 is 0 Å². The van der Waals surface area contributed by atoms with E-state index >= 15 is 0 Å². The molecule has 0 saturated carbocycles. The average Bonchev–Trinajstić information content (AvgIpc) is 3.00. The standard InChI is InChI=1S/C16H22N4S/c1-19(2)15-10-13(5-6-17-15)14-4-3-8-20(11-14)12-16-18-7-9-21-16/h5-7,9-10,14H,3-4,8,11-12H2,1-2H3/t14-/m0/s1. The Labute approximate surface area is 130 Å². The maximum Gasteiger partial charge on any atom is 0.128 e. The molecule has 3 rings (SSSR count). The largest absolute Gasteiger partial charge is 0.363 e. The molecular weight excluding hydrogens is 280 g/mol. The lowest BCUT2D eigenvalue weighted by Gasteiger charge is -2.32. The van der Waals surface area contributed by atoms with Crippen LogP contribution in [0.2, 0.25) is 0 Å². The minimum atomic E-state index is 0.611. The average molecular weight is 302 g/mol. The topological polar surface area (TPSA) is 32.3 Å². The third-order valence-electron chi connectivity index (χ3n) is 4.05. The van der Waals surface area contributed by atoms with Crippen LogP contribution < -0.4 is 4.90 Å². The number of likely N-dealkylation sites (tertiary alicyclic amines) is 1. The van der Waals surface area contributed by atoms with E-state index in [2.05, 4.69) is 37.3 Å². The Morgan fingerprint density at radius 3 is 3.00 bits per heavy atom. The molecule has 0 radical (unpaired) electrons. The van der Waals surface area contributed by atoms with Gasteiger partial charge in [-0.3, -0.25) is 4.90 Å². The molecule has 0 aromatic carbocycles. The van der Waals surface area contributed by atoms with Gasteiger partial charge in [0.15, 0.2) is 0 Å². The van der Waals surface area contributed by atoms with E-state index in [0.29, 0.717) is 5.92 Å². The summed E-state index contributed by atoms with van der Waals surface area (Å²) in [7, 11) is 4.09. The number of rotatable bonds is 4. The fourth-order valence-electron chi connectivity index (χ4n) is 2.93. The van der Waals surface area contributed by atoms with Crippen molar-refractivity contribution in [3.8, 4) is 0 Å². The maximum atomic E-state index is 4.42. The minimum Gasteiger partial charge on any atom is -0.363 e. The lowest BCUT2D eigenvalue weighted by molar-refractivity contribution is 0.200. The van der Waals surface area contributed by atoms with Crippen LogP contribution in [0.15, 0.2) is 29.9 Å². The van der Waals surface area contributed by atoms with Crippen LogP contribution in [0.1, 0.15) is 29.3 Å². The van der Waals surface area contributed by atoms with E-state index in [1.165, 1.54) is 30.0 Å². The number of piperidine rings is 1. The first kappa shape index (κ1) is 14.5. The van der Waals surface area contributed by atoms with Gasteiger partial charge < -0.3 is 4.90 Å². The first-order chi connectivity index (χ1) is 10.2. The van der Waals surface area contributed by atoms with Crippen LogP contribution in [0.5, 0.6) is 0 Å². The zero-order valence-corrected chi connectivity index (χ0v) is 13.5. The van der Waals surface area contributed by atoms with E-state index in [1.54, 1.807) is 11.3 Å². The molecule has 0 unspecified atom stereocenters. The van der Waals surface area contributed by atoms with Gasteiger partial charge >= 0.3 is 0 Å². The Kier molecular flexibility index (Phi) is 4.51. The molecular formula is C16H22N4S. The smallest absolute Gasteiger partial charge is 0.128 e. The second kappa shape index (κ2) is 6.54. The van der Waals surface area contributed by atoms with Gasteiger partial charge in [-0.2, -0.15) is 0 Å². The first-order valence-electron chi connectivity index (χ1n) is 7.46. The maximum absolute atomic E-state index is 4.42. The van der Waals surface area contributed by atoms with Crippen LogP contribution in [0.25, 0.3) is 0 Å². The number of anilines is 1. The Bertz CT molecular complexity index is 567. The van der Waals surface area contributed by atoms with Crippen molar-refractivity contribution in [3.05, 3.63) is 40.5 Å². The SMILES string of the molecule is CN(C)c1cc([C@H]2CCCN(Cc3nccs3)C2)ccn1. The van der Waals surface area contributed by atoms with Crippen LogP contribution in [0.3, 0.4) is 0 Å². The summed E-state index contributed by atoms with van der Waals surface area (Å²) in [6.07, 6.45) is 6.36. The Morgan fingerprint density at radius 2 is 2.24 bits per heavy atom. The zero-order valence-electron chi connectivity index (χ0n) is 12.7. The highest BCUT2D eigenvalue weighted by molar-refractivity contribution is 7.09. The van der Waals surface area contributed by atoms with Crippen molar-refractivity contribution in [3.63, 3.8) is 0 Å². The predicted molar refractivity (Wildman–Crippen MR) is 87.9 cm³/mol. The third-order valence-corrected chi connectivity index (χ3v) is 4.81. The van der Waals surface area contributed by atoms with Gasteiger partial charge in [0.1, 0.15) is 10.8 Å². The minimum absolute atomic E-state index is 0.611. The van der Waals surface area contributed by atoms with Crippen molar-refractivity contribution in [2.45, 2.75) is 25.3 Å². The van der Waals surface area contributed by atoms with Gasteiger partial charge in [-0.1, -0.05) is 0 Å². The molecule has 112 valence electrons. The highest BCUT2D eigenvalue weighted by Crippen LogP contribution is 2.29. The second-order valence-corrected chi connectivity index (χ2v) is 6.82. The van der Waals surface area contributed by atoms with E-state index in [0.717, 1.165) is 18.9 Å². The number of hydrogen-bond acceptors (Lipinski definition) is 5. The van der Waals surface area contributed by atoms with Crippen molar-refractivity contribution in [1.82, 2.24) is 14.9 Å². The van der Waals surface area contributed by atoms with Gasteiger partial charge in [0.05, 0.1) is 6.54 Å². The molecule has 0 spiro atoms. The Morgan fingerprint density at radius 1 is 1.33 bits per heavy atom. The molecule has 0 bridgehead atoms. The van der Waals surface area contributed by atoms with Crippen LogP contribution in [0.4, 0.5) is 5.82 Å². The van der Waals surface area contributed by atoms with Gasteiger partial charge in [0.25, 0.3) is 0 Å². The summed E-state index contributed by atoms with van der Waals surface area (Å²) in [6, 6.07) is 4.40. The number of aromatic nitrogens is 2. The number of nitrogens with zero attached hydrogens (tertiary/aromatic N) is 4. The number of pyridine rings is 1. The van der Waals surface area contributed by atoms with Gasteiger partial charge in [-0.05, 0) is 43.0 Å². The molecule has 1 atom stereocenters. The van der Waals surface area contributed by atoms with Crippen LogP contribution in [-0.4, -0.2) is 42.1 Å². The molecule has 2 aromatic heterocycles. The van der Waals surface area contributed by atoms with Crippen molar-refractivity contribution in [1.29, 1.82) is 0 Å². The molecule has 1 fully saturated rings.